The van der Waals surface area contributed by atoms with Crippen LogP contribution in [0, 0.1) is 10.1 Å². The van der Waals surface area contributed by atoms with Gasteiger partial charge in [-0.2, -0.15) is 0 Å². The highest BCUT2D eigenvalue weighted by Crippen LogP contribution is 2.40. The van der Waals surface area contributed by atoms with Gasteiger partial charge < -0.3 is 9.47 Å². The number of rotatable bonds is 3. The highest BCUT2D eigenvalue weighted by Gasteiger charge is 2.25. The largest absolute Gasteiger partial charge is 0.450 e. The average Bonchev–Trinajstić information content (AvgIpc) is 2.60. The minimum atomic E-state index is -0.486. The van der Waals surface area contributed by atoms with Crippen LogP contribution in [0.3, 0.4) is 0 Å². The fourth-order valence-electron chi connectivity index (χ4n) is 3.11. The molecule has 7 nitrogen and oxygen atoms in total. The lowest BCUT2D eigenvalue weighted by molar-refractivity contribution is -0.383. The molecule has 1 unspecified atom stereocenters. The van der Waals surface area contributed by atoms with Crippen molar-refractivity contribution in [3.63, 3.8) is 0 Å². The molecule has 0 saturated heterocycles. The number of benzene rings is 2. The monoisotopic (exact) mass is 350 g/mol. The molecule has 0 aliphatic carbocycles. The first-order valence-corrected chi connectivity index (χ1v) is 8.07. The quantitative estimate of drug-likeness (QED) is 0.302. The van der Waals surface area contributed by atoms with Gasteiger partial charge in [-0.25, -0.2) is 0 Å². The van der Waals surface area contributed by atoms with Crippen LogP contribution in [0.2, 0.25) is 0 Å². The third-order valence-corrected chi connectivity index (χ3v) is 4.34. The van der Waals surface area contributed by atoms with E-state index in [9.17, 15) is 14.9 Å². The minimum Gasteiger partial charge on any atom is -0.450 e. The Balaban J connectivity index is 1.76. The molecule has 3 aromatic rings. The molecular formula is C19H14N2O5. The molecule has 0 saturated carbocycles. The Morgan fingerprint density at radius 3 is 2.92 bits per heavy atom. The van der Waals surface area contributed by atoms with E-state index in [1.165, 1.54) is 6.07 Å². The Kier molecular flexibility index (Phi) is 3.76. The molecule has 0 fully saturated rings. The molecule has 1 aromatic heterocycles. The molecule has 2 heterocycles. The molecule has 130 valence electrons. The fourth-order valence-corrected chi connectivity index (χ4v) is 3.11. The lowest BCUT2D eigenvalue weighted by Crippen LogP contribution is -2.18. The number of esters is 1. The molecule has 1 aliphatic rings. The number of nitrogens with zero attached hydrogens (tertiary/aromatic N) is 2. The van der Waals surface area contributed by atoms with E-state index in [2.05, 4.69) is 4.98 Å². The van der Waals surface area contributed by atoms with Crippen molar-refractivity contribution in [3.8, 4) is 17.2 Å². The number of fused-ring (bicyclic) bond motifs is 2. The SMILES string of the molecule is CC1CC(=O)Oc2cc(Oc3ccc4ncccc4c3[N+](=O)[O-])ccc21. The molecule has 4 rings (SSSR count). The van der Waals surface area contributed by atoms with E-state index in [-0.39, 0.29) is 23.3 Å². The van der Waals surface area contributed by atoms with Crippen molar-refractivity contribution in [3.05, 3.63) is 64.3 Å². The van der Waals surface area contributed by atoms with E-state index in [4.69, 9.17) is 9.47 Å². The van der Waals surface area contributed by atoms with Crippen molar-refractivity contribution >= 4 is 22.6 Å². The number of pyridine rings is 1. The Morgan fingerprint density at radius 1 is 1.27 bits per heavy atom. The van der Waals surface area contributed by atoms with Crippen LogP contribution in [-0.4, -0.2) is 15.9 Å². The second kappa shape index (κ2) is 6.11. The molecule has 0 N–H and O–H groups in total. The van der Waals surface area contributed by atoms with E-state index in [1.54, 1.807) is 36.5 Å². The number of ether oxygens (including phenoxy) is 2. The maximum Gasteiger partial charge on any atom is 0.320 e. The Morgan fingerprint density at radius 2 is 2.12 bits per heavy atom. The van der Waals surface area contributed by atoms with Crippen LogP contribution in [0.5, 0.6) is 17.2 Å². The summed E-state index contributed by atoms with van der Waals surface area (Å²) in [6.45, 7) is 1.95. The summed E-state index contributed by atoms with van der Waals surface area (Å²) in [7, 11) is 0. The van der Waals surface area contributed by atoms with Gasteiger partial charge in [0, 0.05) is 12.3 Å². The predicted molar refractivity (Wildman–Crippen MR) is 93.6 cm³/mol. The van der Waals surface area contributed by atoms with Gasteiger partial charge in [-0.1, -0.05) is 13.0 Å². The third-order valence-electron chi connectivity index (χ3n) is 4.34. The van der Waals surface area contributed by atoms with E-state index in [1.807, 2.05) is 13.0 Å². The van der Waals surface area contributed by atoms with Crippen LogP contribution in [0.4, 0.5) is 5.69 Å². The van der Waals surface area contributed by atoms with Crippen LogP contribution in [0.1, 0.15) is 24.8 Å². The van der Waals surface area contributed by atoms with Gasteiger partial charge in [-0.15, -0.1) is 0 Å². The highest BCUT2D eigenvalue weighted by molar-refractivity contribution is 5.91. The van der Waals surface area contributed by atoms with Crippen LogP contribution in [-0.2, 0) is 4.79 Å². The van der Waals surface area contributed by atoms with Gasteiger partial charge in [-0.3, -0.25) is 19.9 Å². The van der Waals surface area contributed by atoms with Crippen molar-refractivity contribution in [1.82, 2.24) is 4.98 Å². The predicted octanol–water partition coefficient (Wildman–Crippen LogP) is 4.35. The zero-order valence-electron chi connectivity index (χ0n) is 13.8. The molecule has 0 amide bonds. The van der Waals surface area contributed by atoms with Gasteiger partial charge in [0.1, 0.15) is 11.5 Å². The maximum absolute atomic E-state index is 11.6. The van der Waals surface area contributed by atoms with Gasteiger partial charge in [0.25, 0.3) is 0 Å². The second-order valence-electron chi connectivity index (χ2n) is 6.12. The first-order valence-electron chi connectivity index (χ1n) is 8.07. The van der Waals surface area contributed by atoms with Crippen molar-refractivity contribution in [2.45, 2.75) is 19.3 Å². The Bertz CT molecular complexity index is 1050. The minimum absolute atomic E-state index is 0.0568. The molecule has 1 atom stereocenters. The number of hydrogen-bond donors (Lipinski definition) is 0. The van der Waals surface area contributed by atoms with Crippen molar-refractivity contribution < 1.29 is 19.2 Å². The molecule has 0 bridgehead atoms. The molecular weight excluding hydrogens is 336 g/mol. The first kappa shape index (κ1) is 16.0. The summed E-state index contributed by atoms with van der Waals surface area (Å²) < 4.78 is 11.0. The number of aromatic nitrogens is 1. The fraction of sp³-hybridized carbons (Fsp3) is 0.158. The van der Waals surface area contributed by atoms with Crippen molar-refractivity contribution in [2.75, 3.05) is 0 Å². The number of hydrogen-bond acceptors (Lipinski definition) is 6. The lowest BCUT2D eigenvalue weighted by atomic mass is 9.95. The topological polar surface area (TPSA) is 91.6 Å². The van der Waals surface area contributed by atoms with Crippen LogP contribution in [0.15, 0.2) is 48.7 Å². The van der Waals surface area contributed by atoms with Crippen molar-refractivity contribution in [1.29, 1.82) is 0 Å². The summed E-state index contributed by atoms with van der Waals surface area (Å²) in [6, 6.07) is 11.6. The lowest BCUT2D eigenvalue weighted by Gasteiger charge is -2.21. The normalized spacial score (nSPS) is 16.0. The van der Waals surface area contributed by atoms with Gasteiger partial charge in [0.15, 0.2) is 0 Å². The molecule has 1 aliphatic heterocycles. The number of carbonyl (C=O) groups is 1. The smallest absolute Gasteiger partial charge is 0.320 e. The zero-order chi connectivity index (χ0) is 18.3. The van der Waals surface area contributed by atoms with E-state index in [0.717, 1.165) is 5.56 Å². The summed E-state index contributed by atoms with van der Waals surface area (Å²) in [6.07, 6.45) is 1.90. The highest BCUT2D eigenvalue weighted by atomic mass is 16.6. The molecule has 0 radical (unpaired) electrons. The van der Waals surface area contributed by atoms with Crippen LogP contribution >= 0.6 is 0 Å². The molecule has 0 spiro atoms. The molecule has 2 aromatic carbocycles. The van der Waals surface area contributed by atoms with Gasteiger partial charge in [0.05, 0.1) is 22.2 Å². The van der Waals surface area contributed by atoms with Gasteiger partial charge >= 0.3 is 11.7 Å². The average molecular weight is 350 g/mol. The summed E-state index contributed by atoms with van der Waals surface area (Å²) in [5.74, 6) is 0.644. The van der Waals surface area contributed by atoms with Gasteiger partial charge in [0.2, 0.25) is 5.75 Å². The van der Waals surface area contributed by atoms with E-state index < -0.39 is 4.92 Å². The van der Waals surface area contributed by atoms with Crippen LogP contribution < -0.4 is 9.47 Å². The Hall–Kier alpha value is -3.48. The second-order valence-corrected chi connectivity index (χ2v) is 6.12. The summed E-state index contributed by atoms with van der Waals surface area (Å²) in [5, 5.41) is 12.0. The first-order chi connectivity index (χ1) is 12.5. The number of carbonyl (C=O) groups excluding carboxylic acids is 1. The maximum atomic E-state index is 11.6. The molecule has 26 heavy (non-hydrogen) atoms. The number of nitro benzene ring substituents is 1. The van der Waals surface area contributed by atoms with Crippen LogP contribution in [0.25, 0.3) is 10.9 Å². The Labute approximate surface area is 148 Å². The van der Waals surface area contributed by atoms with E-state index in [0.29, 0.717) is 28.8 Å². The third kappa shape index (κ3) is 2.73. The summed E-state index contributed by atoms with van der Waals surface area (Å²) in [5.41, 5.74) is 1.27. The number of nitro groups is 1. The standard InChI is InChI=1S/C19H14N2O5/c1-11-9-18(22)26-17-10-12(4-5-13(11)17)25-16-7-6-15-14(3-2-8-20-15)19(16)21(23)24/h2-8,10-11H,9H2,1H3. The van der Waals surface area contributed by atoms with Gasteiger partial charge in [-0.05, 0) is 41.8 Å². The summed E-state index contributed by atoms with van der Waals surface area (Å²) in [4.78, 5) is 26.9. The summed E-state index contributed by atoms with van der Waals surface area (Å²) >= 11 is 0. The zero-order valence-corrected chi connectivity index (χ0v) is 13.8. The molecule has 7 heteroatoms. The van der Waals surface area contributed by atoms with Crippen molar-refractivity contribution in [2.24, 2.45) is 0 Å². The van der Waals surface area contributed by atoms with E-state index >= 15 is 0 Å².